The van der Waals surface area contributed by atoms with E-state index in [2.05, 4.69) is 4.98 Å². The maximum atomic E-state index is 11.6. The lowest BCUT2D eigenvalue weighted by Gasteiger charge is -2.18. The molecule has 1 fully saturated rings. The van der Waals surface area contributed by atoms with E-state index in [0.717, 1.165) is 0 Å². The van der Waals surface area contributed by atoms with Crippen LogP contribution in [0.4, 0.5) is 10.6 Å². The minimum absolute atomic E-state index is 0.281. The first-order valence-corrected chi connectivity index (χ1v) is 5.24. The minimum Gasteiger partial charge on any atom is -0.440 e. The van der Waals surface area contributed by atoms with Crippen molar-refractivity contribution in [1.82, 2.24) is 4.98 Å². The van der Waals surface area contributed by atoms with Gasteiger partial charge in [0.1, 0.15) is 11.4 Å². The molecule has 0 bridgehead atoms. The number of halogens is 1. The van der Waals surface area contributed by atoms with Gasteiger partial charge < -0.3 is 10.5 Å². The molecule has 16 heavy (non-hydrogen) atoms. The van der Waals surface area contributed by atoms with Gasteiger partial charge in [-0.3, -0.25) is 4.90 Å². The van der Waals surface area contributed by atoms with E-state index in [1.165, 1.54) is 11.1 Å². The number of hydrogen-bond donors (Lipinski definition) is 1. The number of carbonyl (C=O) groups excluding carboxylic acids is 1. The van der Waals surface area contributed by atoms with Crippen molar-refractivity contribution in [2.24, 2.45) is 5.73 Å². The van der Waals surface area contributed by atoms with Gasteiger partial charge in [-0.25, -0.2) is 9.78 Å². The van der Waals surface area contributed by atoms with E-state index in [0.29, 0.717) is 17.4 Å². The molecule has 1 aliphatic rings. The van der Waals surface area contributed by atoms with Gasteiger partial charge >= 0.3 is 6.09 Å². The van der Waals surface area contributed by atoms with Crippen LogP contribution in [0.25, 0.3) is 0 Å². The molecule has 0 aliphatic carbocycles. The molecule has 5 nitrogen and oxygen atoms in total. The molecule has 6 heteroatoms. The van der Waals surface area contributed by atoms with Gasteiger partial charge in [0.15, 0.2) is 0 Å². The number of ether oxygens (including phenoxy) is 1. The molecule has 0 aromatic carbocycles. The van der Waals surface area contributed by atoms with Crippen LogP contribution in [0.15, 0.2) is 18.3 Å². The monoisotopic (exact) mass is 241 g/mol. The van der Waals surface area contributed by atoms with Crippen LogP contribution in [0.2, 0.25) is 5.02 Å². The number of nitrogens with two attached hydrogens (primary N) is 1. The van der Waals surface area contributed by atoms with Crippen molar-refractivity contribution in [3.63, 3.8) is 0 Å². The van der Waals surface area contributed by atoms with Gasteiger partial charge in [0.05, 0.1) is 11.6 Å². The Morgan fingerprint density at radius 2 is 2.44 bits per heavy atom. The molecular weight excluding hydrogens is 230 g/mol. The first-order valence-electron chi connectivity index (χ1n) is 4.86. The van der Waals surface area contributed by atoms with Gasteiger partial charge in [0, 0.05) is 12.7 Å². The highest BCUT2D eigenvalue weighted by Gasteiger charge is 2.41. The standard InChI is InChI=1S/C10H12ClN3O2/c1-10(5-12)6-14(9(15)16-10)8-3-2-7(11)4-13-8/h2-4H,5-6,12H2,1H3. The van der Waals surface area contributed by atoms with E-state index >= 15 is 0 Å². The highest BCUT2D eigenvalue weighted by Crippen LogP contribution is 2.26. The number of cyclic esters (lactones) is 1. The summed E-state index contributed by atoms with van der Waals surface area (Å²) >= 11 is 5.72. The van der Waals surface area contributed by atoms with Crippen LogP contribution in [-0.4, -0.2) is 29.8 Å². The van der Waals surface area contributed by atoms with Gasteiger partial charge in [-0.1, -0.05) is 11.6 Å². The first-order chi connectivity index (χ1) is 7.54. The molecule has 2 rings (SSSR count). The van der Waals surface area contributed by atoms with E-state index < -0.39 is 11.7 Å². The average molecular weight is 242 g/mol. The summed E-state index contributed by atoms with van der Waals surface area (Å²) in [7, 11) is 0. The third kappa shape index (κ3) is 1.96. The van der Waals surface area contributed by atoms with Crippen molar-refractivity contribution in [1.29, 1.82) is 0 Å². The molecule has 1 atom stereocenters. The van der Waals surface area contributed by atoms with Crippen molar-refractivity contribution >= 4 is 23.5 Å². The number of nitrogens with zero attached hydrogens (tertiary/aromatic N) is 2. The van der Waals surface area contributed by atoms with Crippen molar-refractivity contribution < 1.29 is 9.53 Å². The summed E-state index contributed by atoms with van der Waals surface area (Å²) in [5.41, 5.74) is 4.91. The third-order valence-electron chi connectivity index (χ3n) is 2.47. The second-order valence-electron chi connectivity index (χ2n) is 3.94. The zero-order valence-electron chi connectivity index (χ0n) is 8.81. The molecule has 1 saturated heterocycles. The smallest absolute Gasteiger partial charge is 0.416 e. The summed E-state index contributed by atoms with van der Waals surface area (Å²) in [4.78, 5) is 17.1. The van der Waals surface area contributed by atoms with E-state index in [9.17, 15) is 4.79 Å². The van der Waals surface area contributed by atoms with Crippen LogP contribution >= 0.6 is 11.6 Å². The fourth-order valence-electron chi connectivity index (χ4n) is 1.51. The Kier molecular flexibility index (Phi) is 2.73. The largest absolute Gasteiger partial charge is 0.440 e. The maximum Gasteiger partial charge on any atom is 0.416 e. The summed E-state index contributed by atoms with van der Waals surface area (Å²) < 4.78 is 5.18. The normalized spacial score (nSPS) is 24.7. The Bertz CT molecular complexity index is 409. The summed E-state index contributed by atoms with van der Waals surface area (Å²) in [6.45, 7) is 2.47. The molecule has 1 amide bonds. The summed E-state index contributed by atoms with van der Waals surface area (Å²) in [6.07, 6.45) is 1.06. The second-order valence-corrected chi connectivity index (χ2v) is 4.38. The van der Waals surface area contributed by atoms with E-state index in [1.54, 1.807) is 19.1 Å². The van der Waals surface area contributed by atoms with E-state index in [-0.39, 0.29) is 6.54 Å². The SMILES string of the molecule is CC1(CN)CN(c2ccc(Cl)cn2)C(=O)O1. The van der Waals surface area contributed by atoms with Crippen LogP contribution in [0.5, 0.6) is 0 Å². The molecular formula is C10H12ClN3O2. The lowest BCUT2D eigenvalue weighted by atomic mass is 10.1. The van der Waals surface area contributed by atoms with Gasteiger partial charge in [0.25, 0.3) is 0 Å². The lowest BCUT2D eigenvalue weighted by Crippen LogP contribution is -2.38. The number of pyridine rings is 1. The second kappa shape index (κ2) is 3.92. The van der Waals surface area contributed by atoms with Gasteiger partial charge in [-0.2, -0.15) is 0 Å². The molecule has 1 aromatic heterocycles. The Morgan fingerprint density at radius 1 is 1.69 bits per heavy atom. The van der Waals surface area contributed by atoms with E-state index in [1.807, 2.05) is 0 Å². The van der Waals surface area contributed by atoms with Crippen molar-refractivity contribution in [3.8, 4) is 0 Å². The van der Waals surface area contributed by atoms with Gasteiger partial charge in [-0.05, 0) is 19.1 Å². The Balaban J connectivity index is 2.23. The average Bonchev–Trinajstić information content (AvgIpc) is 2.57. The minimum atomic E-state index is -0.640. The molecule has 0 radical (unpaired) electrons. The molecule has 0 spiro atoms. The number of rotatable bonds is 2. The summed E-state index contributed by atoms with van der Waals surface area (Å²) in [6, 6.07) is 3.35. The fourth-order valence-corrected chi connectivity index (χ4v) is 1.62. The fraction of sp³-hybridized carbons (Fsp3) is 0.400. The predicted molar refractivity (Wildman–Crippen MR) is 60.5 cm³/mol. The third-order valence-corrected chi connectivity index (χ3v) is 2.69. The van der Waals surface area contributed by atoms with Crippen LogP contribution in [0, 0.1) is 0 Å². The highest BCUT2D eigenvalue weighted by molar-refractivity contribution is 6.30. The van der Waals surface area contributed by atoms with Crippen LogP contribution < -0.4 is 10.6 Å². The van der Waals surface area contributed by atoms with Crippen molar-refractivity contribution in [3.05, 3.63) is 23.4 Å². The maximum absolute atomic E-state index is 11.6. The molecule has 1 aliphatic heterocycles. The van der Waals surface area contributed by atoms with Gasteiger partial charge in [-0.15, -0.1) is 0 Å². The quantitative estimate of drug-likeness (QED) is 0.850. The molecule has 2 heterocycles. The number of carbonyl (C=O) groups is 1. The lowest BCUT2D eigenvalue weighted by molar-refractivity contribution is 0.0789. The molecule has 2 N–H and O–H groups in total. The van der Waals surface area contributed by atoms with Gasteiger partial charge in [0.2, 0.25) is 0 Å². The molecule has 1 aromatic rings. The Labute approximate surface area is 98.1 Å². The number of amides is 1. The molecule has 86 valence electrons. The van der Waals surface area contributed by atoms with Crippen molar-refractivity contribution in [2.75, 3.05) is 18.0 Å². The number of hydrogen-bond acceptors (Lipinski definition) is 4. The zero-order chi connectivity index (χ0) is 11.8. The zero-order valence-corrected chi connectivity index (χ0v) is 9.57. The molecule has 1 unspecified atom stereocenters. The first kappa shape index (κ1) is 11.2. The number of anilines is 1. The predicted octanol–water partition coefficient (Wildman–Crippen LogP) is 1.41. The van der Waals surface area contributed by atoms with Crippen molar-refractivity contribution in [2.45, 2.75) is 12.5 Å². The molecule has 0 saturated carbocycles. The number of aromatic nitrogens is 1. The van der Waals surface area contributed by atoms with E-state index in [4.69, 9.17) is 22.1 Å². The highest BCUT2D eigenvalue weighted by atomic mass is 35.5. The summed E-state index contributed by atoms with van der Waals surface area (Å²) in [5, 5.41) is 0.526. The topological polar surface area (TPSA) is 68.5 Å². The van der Waals surface area contributed by atoms with Crippen LogP contribution in [0.3, 0.4) is 0 Å². The van der Waals surface area contributed by atoms with Crippen LogP contribution in [-0.2, 0) is 4.74 Å². The van der Waals surface area contributed by atoms with Crippen LogP contribution in [0.1, 0.15) is 6.92 Å². The summed E-state index contributed by atoms with van der Waals surface area (Å²) in [5.74, 6) is 0.520. The Hall–Kier alpha value is -1.33. The Morgan fingerprint density at radius 3 is 2.94 bits per heavy atom.